The molecule has 0 unspecified atom stereocenters. The summed E-state index contributed by atoms with van der Waals surface area (Å²) in [6.45, 7) is 6.68. The first kappa shape index (κ1) is 14.7. The van der Waals surface area contributed by atoms with Gasteiger partial charge in [-0.15, -0.1) is 0 Å². The second kappa shape index (κ2) is 5.53. The van der Waals surface area contributed by atoms with E-state index in [1.54, 1.807) is 0 Å². The Morgan fingerprint density at radius 1 is 1.23 bits per heavy atom. The van der Waals surface area contributed by atoms with E-state index in [2.05, 4.69) is 38.1 Å². The summed E-state index contributed by atoms with van der Waals surface area (Å²) >= 11 is 0. The minimum atomic E-state index is -0.355. The number of hydrogen-bond donors (Lipinski definition) is 1. The molecule has 0 spiro atoms. The first-order valence-corrected chi connectivity index (χ1v) is 7.43. The van der Waals surface area contributed by atoms with Crippen molar-refractivity contribution in [3.8, 4) is 0 Å². The summed E-state index contributed by atoms with van der Waals surface area (Å²) in [6, 6.07) is 8.17. The lowest BCUT2D eigenvalue weighted by Gasteiger charge is -2.21. The predicted octanol–water partition coefficient (Wildman–Crippen LogP) is 2.33. The normalized spacial score (nSPS) is 12.2. The van der Waals surface area contributed by atoms with Gasteiger partial charge in [0.1, 0.15) is 5.82 Å². The van der Waals surface area contributed by atoms with Crippen LogP contribution in [0.3, 0.4) is 0 Å². The Morgan fingerprint density at radius 2 is 2.00 bits per heavy atom. The number of imidazole rings is 1. The highest BCUT2D eigenvalue weighted by atomic mass is 16.5. The first-order chi connectivity index (χ1) is 10.5. The number of aryl methyl sites for hydroxylation is 2. The van der Waals surface area contributed by atoms with E-state index in [1.807, 2.05) is 39.0 Å². The van der Waals surface area contributed by atoms with Crippen LogP contribution >= 0.6 is 0 Å². The van der Waals surface area contributed by atoms with Crippen LogP contribution in [0.15, 0.2) is 28.8 Å². The standard InChI is InChI=1S/C16H21N5O/c1-11-18-15(22-20-11)16(2,3)17-10-9-14-19-12-7-5-6-8-13(12)21(14)4/h5-8,17H,9-10H2,1-4H3. The SMILES string of the molecule is Cc1noc(C(C)(C)NCCc2nc3ccccc3n2C)n1. The Bertz CT molecular complexity index is 787. The monoisotopic (exact) mass is 299 g/mol. The fraction of sp³-hybridized carbons (Fsp3) is 0.438. The molecule has 3 rings (SSSR count). The van der Waals surface area contributed by atoms with Gasteiger partial charge >= 0.3 is 0 Å². The highest BCUT2D eigenvalue weighted by Crippen LogP contribution is 2.18. The fourth-order valence-corrected chi connectivity index (χ4v) is 2.53. The van der Waals surface area contributed by atoms with Gasteiger partial charge in [-0.1, -0.05) is 17.3 Å². The molecule has 2 aromatic heterocycles. The van der Waals surface area contributed by atoms with Crippen LogP contribution in [0, 0.1) is 6.92 Å². The van der Waals surface area contributed by atoms with E-state index in [9.17, 15) is 0 Å². The molecule has 1 N–H and O–H groups in total. The Morgan fingerprint density at radius 3 is 2.68 bits per heavy atom. The van der Waals surface area contributed by atoms with E-state index in [1.165, 1.54) is 0 Å². The van der Waals surface area contributed by atoms with E-state index in [0.717, 1.165) is 29.8 Å². The largest absolute Gasteiger partial charge is 0.337 e. The van der Waals surface area contributed by atoms with Crippen molar-refractivity contribution in [3.05, 3.63) is 41.8 Å². The number of nitrogens with zero attached hydrogens (tertiary/aromatic N) is 4. The van der Waals surface area contributed by atoms with E-state index < -0.39 is 0 Å². The summed E-state index contributed by atoms with van der Waals surface area (Å²) < 4.78 is 7.40. The molecule has 0 amide bonds. The molecule has 116 valence electrons. The summed E-state index contributed by atoms with van der Waals surface area (Å²) in [7, 11) is 2.05. The van der Waals surface area contributed by atoms with Crippen LogP contribution in [-0.4, -0.2) is 26.2 Å². The molecule has 3 aromatic rings. The quantitative estimate of drug-likeness (QED) is 0.783. The van der Waals surface area contributed by atoms with Crippen molar-refractivity contribution in [2.45, 2.75) is 32.7 Å². The predicted molar refractivity (Wildman–Crippen MR) is 84.5 cm³/mol. The van der Waals surface area contributed by atoms with Crippen LogP contribution in [0.4, 0.5) is 0 Å². The molecular formula is C16H21N5O. The summed E-state index contributed by atoms with van der Waals surface area (Å²) in [5.41, 5.74) is 1.84. The maximum atomic E-state index is 5.26. The molecule has 0 aliphatic rings. The molecule has 0 aliphatic heterocycles. The molecule has 1 aromatic carbocycles. The van der Waals surface area contributed by atoms with Gasteiger partial charge in [-0.05, 0) is 32.9 Å². The molecule has 6 nitrogen and oxygen atoms in total. The number of para-hydroxylation sites is 2. The lowest BCUT2D eigenvalue weighted by Crippen LogP contribution is -2.38. The Labute approximate surface area is 129 Å². The maximum Gasteiger partial charge on any atom is 0.246 e. The van der Waals surface area contributed by atoms with E-state index in [0.29, 0.717) is 11.7 Å². The molecule has 22 heavy (non-hydrogen) atoms. The molecular weight excluding hydrogens is 278 g/mol. The van der Waals surface area contributed by atoms with Crippen LogP contribution in [0.25, 0.3) is 11.0 Å². The topological polar surface area (TPSA) is 68.8 Å². The molecule has 6 heteroatoms. The zero-order valence-electron chi connectivity index (χ0n) is 13.4. The zero-order chi connectivity index (χ0) is 15.7. The third-order valence-corrected chi connectivity index (χ3v) is 3.86. The van der Waals surface area contributed by atoms with Crippen molar-refractivity contribution in [2.24, 2.45) is 7.05 Å². The minimum Gasteiger partial charge on any atom is -0.337 e. The lowest BCUT2D eigenvalue weighted by molar-refractivity contribution is 0.268. The Kier molecular flexibility index (Phi) is 3.70. The number of aromatic nitrogens is 4. The van der Waals surface area contributed by atoms with Crippen molar-refractivity contribution in [1.29, 1.82) is 0 Å². The molecule has 0 aliphatic carbocycles. The van der Waals surface area contributed by atoms with Crippen LogP contribution < -0.4 is 5.32 Å². The molecule has 0 atom stereocenters. The van der Waals surface area contributed by atoms with Gasteiger partial charge in [0.2, 0.25) is 5.89 Å². The van der Waals surface area contributed by atoms with Gasteiger partial charge < -0.3 is 14.4 Å². The van der Waals surface area contributed by atoms with Gasteiger partial charge in [-0.3, -0.25) is 0 Å². The van der Waals surface area contributed by atoms with Gasteiger partial charge in [0.05, 0.1) is 16.6 Å². The molecule has 2 heterocycles. The molecule has 0 fully saturated rings. The van der Waals surface area contributed by atoms with Gasteiger partial charge in [0, 0.05) is 20.0 Å². The molecule has 0 radical (unpaired) electrons. The third-order valence-electron chi connectivity index (χ3n) is 3.86. The van der Waals surface area contributed by atoms with Crippen molar-refractivity contribution in [3.63, 3.8) is 0 Å². The molecule has 0 saturated carbocycles. The number of fused-ring (bicyclic) bond motifs is 1. The summed E-state index contributed by atoms with van der Waals surface area (Å²) in [6.07, 6.45) is 0.835. The highest BCUT2D eigenvalue weighted by molar-refractivity contribution is 5.75. The van der Waals surface area contributed by atoms with Gasteiger partial charge in [-0.25, -0.2) is 4.98 Å². The van der Waals surface area contributed by atoms with Crippen LogP contribution in [0.2, 0.25) is 0 Å². The third kappa shape index (κ3) is 2.74. The van der Waals surface area contributed by atoms with Crippen LogP contribution in [0.5, 0.6) is 0 Å². The summed E-state index contributed by atoms with van der Waals surface area (Å²) in [5.74, 6) is 2.32. The van der Waals surface area contributed by atoms with Gasteiger partial charge in [0.25, 0.3) is 0 Å². The Balaban J connectivity index is 1.68. The second-order valence-corrected chi connectivity index (χ2v) is 6.02. The highest BCUT2D eigenvalue weighted by Gasteiger charge is 2.26. The van der Waals surface area contributed by atoms with Crippen molar-refractivity contribution < 1.29 is 4.52 Å². The second-order valence-electron chi connectivity index (χ2n) is 6.02. The van der Waals surface area contributed by atoms with E-state index in [-0.39, 0.29) is 5.54 Å². The van der Waals surface area contributed by atoms with E-state index >= 15 is 0 Å². The number of nitrogens with one attached hydrogen (secondary N) is 1. The smallest absolute Gasteiger partial charge is 0.246 e. The number of benzene rings is 1. The summed E-state index contributed by atoms with van der Waals surface area (Å²) in [4.78, 5) is 8.98. The maximum absolute atomic E-state index is 5.26. The number of hydrogen-bond acceptors (Lipinski definition) is 5. The average molecular weight is 299 g/mol. The average Bonchev–Trinajstić information content (AvgIpc) is 3.05. The van der Waals surface area contributed by atoms with Crippen molar-refractivity contribution >= 4 is 11.0 Å². The minimum absolute atomic E-state index is 0.355. The van der Waals surface area contributed by atoms with Gasteiger partial charge in [0.15, 0.2) is 5.82 Å². The van der Waals surface area contributed by atoms with Crippen LogP contribution in [0.1, 0.15) is 31.4 Å². The van der Waals surface area contributed by atoms with Crippen molar-refractivity contribution in [1.82, 2.24) is 25.0 Å². The fourth-order valence-electron chi connectivity index (χ4n) is 2.53. The lowest BCUT2D eigenvalue weighted by atomic mass is 10.1. The van der Waals surface area contributed by atoms with Crippen LogP contribution in [-0.2, 0) is 19.0 Å². The summed E-state index contributed by atoms with van der Waals surface area (Å²) in [5, 5.41) is 7.31. The van der Waals surface area contributed by atoms with Crippen molar-refractivity contribution in [2.75, 3.05) is 6.54 Å². The number of rotatable bonds is 5. The Hall–Kier alpha value is -2.21. The first-order valence-electron chi connectivity index (χ1n) is 7.43. The molecule has 0 saturated heterocycles. The van der Waals surface area contributed by atoms with Gasteiger partial charge in [-0.2, -0.15) is 4.98 Å². The van der Waals surface area contributed by atoms with E-state index in [4.69, 9.17) is 4.52 Å². The molecule has 0 bridgehead atoms. The zero-order valence-corrected chi connectivity index (χ0v) is 13.4.